The maximum Gasteiger partial charge on any atom is 0.255 e. The van der Waals surface area contributed by atoms with Gasteiger partial charge in [0.05, 0.1) is 5.56 Å². The van der Waals surface area contributed by atoms with Crippen molar-refractivity contribution >= 4 is 28.9 Å². The van der Waals surface area contributed by atoms with Crippen molar-refractivity contribution in [1.29, 1.82) is 0 Å². The molecule has 0 bridgehead atoms. The van der Waals surface area contributed by atoms with E-state index in [1.54, 1.807) is 24.3 Å². The molecule has 0 spiro atoms. The predicted molar refractivity (Wildman–Crippen MR) is 118 cm³/mol. The van der Waals surface area contributed by atoms with Gasteiger partial charge in [-0.15, -0.1) is 0 Å². The molecule has 0 unspecified atom stereocenters. The van der Waals surface area contributed by atoms with Crippen LogP contribution in [0.1, 0.15) is 95.3 Å². The van der Waals surface area contributed by atoms with E-state index in [-0.39, 0.29) is 18.0 Å². The second-order valence-electron chi connectivity index (χ2n) is 8.74. The maximum absolute atomic E-state index is 13.8. The summed E-state index contributed by atoms with van der Waals surface area (Å²) in [7, 11) is 0. The minimum Gasteiger partial charge on any atom is -0.366 e. The predicted octanol–water partition coefficient (Wildman–Crippen LogP) is 4.86. The van der Waals surface area contributed by atoms with Crippen molar-refractivity contribution in [1.82, 2.24) is 4.90 Å². The Bertz CT molecular complexity index is 938. The number of amides is 2. The van der Waals surface area contributed by atoms with Crippen LogP contribution in [-0.2, 0) is 0 Å². The van der Waals surface area contributed by atoms with Crippen LogP contribution in [0.3, 0.4) is 0 Å². The number of fused-ring (bicyclic) bond motifs is 1. The molecule has 2 aliphatic carbocycles. The lowest BCUT2D eigenvalue weighted by Crippen LogP contribution is -2.49. The lowest BCUT2D eigenvalue weighted by Gasteiger charge is -2.42. The molecule has 2 amide bonds. The Kier molecular flexibility index (Phi) is 6.16. The molecule has 2 N–H and O–H groups in total. The smallest absolute Gasteiger partial charge is 0.255 e. The van der Waals surface area contributed by atoms with Crippen molar-refractivity contribution in [2.45, 2.75) is 76.3 Å². The Labute approximate surface area is 177 Å². The van der Waals surface area contributed by atoms with Crippen LogP contribution in [0.15, 0.2) is 30.3 Å². The number of carbonyl (C=O) groups excluding carboxylic acids is 3. The summed E-state index contributed by atoms with van der Waals surface area (Å²) in [5.74, 6) is -0.526. The molecular formula is C25H30N2O3. The van der Waals surface area contributed by atoms with Gasteiger partial charge in [0.25, 0.3) is 5.91 Å². The molecule has 5 nitrogen and oxygen atoms in total. The Morgan fingerprint density at radius 2 is 1.47 bits per heavy atom. The van der Waals surface area contributed by atoms with Gasteiger partial charge in [-0.3, -0.25) is 14.4 Å². The molecule has 0 saturated heterocycles. The summed E-state index contributed by atoms with van der Waals surface area (Å²) >= 11 is 0. The summed E-state index contributed by atoms with van der Waals surface area (Å²) in [5, 5.41) is 1.43. The molecule has 30 heavy (non-hydrogen) atoms. The van der Waals surface area contributed by atoms with Crippen LogP contribution in [0.25, 0.3) is 10.8 Å². The van der Waals surface area contributed by atoms with E-state index in [0.717, 1.165) is 63.0 Å². The van der Waals surface area contributed by atoms with E-state index in [0.29, 0.717) is 22.1 Å². The normalized spacial score (nSPS) is 18.3. The monoisotopic (exact) mass is 406 g/mol. The first kappa shape index (κ1) is 20.6. The number of primary amides is 1. The van der Waals surface area contributed by atoms with E-state index < -0.39 is 5.91 Å². The highest BCUT2D eigenvalue weighted by Crippen LogP contribution is 2.33. The highest BCUT2D eigenvalue weighted by Gasteiger charge is 2.34. The van der Waals surface area contributed by atoms with Gasteiger partial charge in [-0.25, -0.2) is 0 Å². The fraction of sp³-hybridized carbons (Fsp3) is 0.480. The topological polar surface area (TPSA) is 80.5 Å². The van der Waals surface area contributed by atoms with Crippen LogP contribution >= 0.6 is 0 Å². The molecule has 0 atom stereocenters. The quantitative estimate of drug-likeness (QED) is 0.720. The third-order valence-corrected chi connectivity index (χ3v) is 6.86. The zero-order valence-corrected chi connectivity index (χ0v) is 17.4. The Hall–Kier alpha value is -2.69. The van der Waals surface area contributed by atoms with Gasteiger partial charge in [0.2, 0.25) is 5.91 Å². The van der Waals surface area contributed by atoms with Crippen molar-refractivity contribution in [2.24, 2.45) is 5.73 Å². The van der Waals surface area contributed by atoms with Crippen LogP contribution in [0.5, 0.6) is 0 Å². The van der Waals surface area contributed by atoms with Gasteiger partial charge in [-0.2, -0.15) is 0 Å². The van der Waals surface area contributed by atoms with Crippen molar-refractivity contribution in [2.75, 3.05) is 0 Å². The first-order chi connectivity index (χ1) is 14.6. The SMILES string of the molecule is NC(=O)c1ccc2c(C=O)c(C(=O)N(C3CCCCC3)C3CCCCC3)ccc2c1. The zero-order valence-electron chi connectivity index (χ0n) is 17.4. The third kappa shape index (κ3) is 3.98. The lowest BCUT2D eigenvalue weighted by molar-refractivity contribution is 0.0447. The third-order valence-electron chi connectivity index (χ3n) is 6.86. The number of nitrogens with zero attached hydrogens (tertiary/aromatic N) is 1. The molecule has 0 aromatic heterocycles. The van der Waals surface area contributed by atoms with E-state index in [9.17, 15) is 14.4 Å². The fourth-order valence-electron chi connectivity index (χ4n) is 5.31. The summed E-state index contributed by atoms with van der Waals surface area (Å²) in [6.45, 7) is 0. The highest BCUT2D eigenvalue weighted by atomic mass is 16.2. The van der Waals surface area contributed by atoms with Crippen LogP contribution in [0, 0.1) is 0 Å². The highest BCUT2D eigenvalue weighted by molar-refractivity contribution is 6.11. The van der Waals surface area contributed by atoms with Gasteiger partial charge in [0.1, 0.15) is 0 Å². The van der Waals surface area contributed by atoms with Gasteiger partial charge < -0.3 is 10.6 Å². The number of carbonyl (C=O) groups is 3. The largest absolute Gasteiger partial charge is 0.366 e. The number of hydrogen-bond acceptors (Lipinski definition) is 3. The average molecular weight is 407 g/mol. The first-order valence-electron chi connectivity index (χ1n) is 11.2. The molecule has 5 heteroatoms. The molecule has 2 aliphatic rings. The van der Waals surface area contributed by atoms with Crippen molar-refractivity contribution < 1.29 is 14.4 Å². The summed E-state index contributed by atoms with van der Waals surface area (Å²) in [4.78, 5) is 39.5. The average Bonchev–Trinajstić information content (AvgIpc) is 2.79. The zero-order chi connectivity index (χ0) is 21.1. The summed E-state index contributed by atoms with van der Waals surface area (Å²) in [6.07, 6.45) is 12.1. The Morgan fingerprint density at radius 3 is 2.00 bits per heavy atom. The minimum atomic E-state index is -0.509. The van der Waals surface area contributed by atoms with E-state index in [1.165, 1.54) is 12.8 Å². The fourth-order valence-corrected chi connectivity index (χ4v) is 5.31. The molecule has 2 aromatic carbocycles. The van der Waals surface area contributed by atoms with Crippen LogP contribution in [0.2, 0.25) is 0 Å². The lowest BCUT2D eigenvalue weighted by atomic mass is 9.87. The number of rotatable bonds is 5. The van der Waals surface area contributed by atoms with Crippen molar-refractivity contribution in [3.05, 3.63) is 47.0 Å². The van der Waals surface area contributed by atoms with Gasteiger partial charge in [-0.1, -0.05) is 50.7 Å². The number of nitrogens with two attached hydrogens (primary N) is 1. The number of aldehydes is 1. The van der Waals surface area contributed by atoms with Crippen LogP contribution < -0.4 is 5.73 Å². The van der Waals surface area contributed by atoms with E-state index in [4.69, 9.17) is 5.73 Å². The molecule has 2 fully saturated rings. The van der Waals surface area contributed by atoms with Crippen molar-refractivity contribution in [3.63, 3.8) is 0 Å². The molecule has 158 valence electrons. The Morgan fingerprint density at radius 1 is 0.867 bits per heavy atom. The molecule has 4 rings (SSSR count). The standard InChI is InChI=1S/C25H30N2O3/c26-24(29)18-12-13-21-17(15-18)11-14-22(23(21)16-28)25(30)27(19-7-3-1-4-8-19)20-9-5-2-6-10-20/h11-16,19-20H,1-10H2,(H2,26,29). The maximum atomic E-state index is 13.8. The molecule has 0 aliphatic heterocycles. The van der Waals surface area contributed by atoms with Crippen LogP contribution in [0.4, 0.5) is 0 Å². The van der Waals surface area contributed by atoms with E-state index in [1.807, 2.05) is 6.07 Å². The molecule has 0 radical (unpaired) electrons. The summed E-state index contributed by atoms with van der Waals surface area (Å²) < 4.78 is 0. The summed E-state index contributed by atoms with van der Waals surface area (Å²) in [6, 6.07) is 9.12. The Balaban J connectivity index is 1.75. The number of benzene rings is 2. The number of hydrogen-bond donors (Lipinski definition) is 1. The summed E-state index contributed by atoms with van der Waals surface area (Å²) in [5.41, 5.74) is 6.66. The minimum absolute atomic E-state index is 0.0169. The molecule has 0 heterocycles. The first-order valence-corrected chi connectivity index (χ1v) is 11.2. The second kappa shape index (κ2) is 8.99. The van der Waals surface area contributed by atoms with Gasteiger partial charge >= 0.3 is 0 Å². The molecule has 2 saturated carbocycles. The van der Waals surface area contributed by atoms with Crippen molar-refractivity contribution in [3.8, 4) is 0 Å². The van der Waals surface area contributed by atoms with Gasteiger partial charge in [0, 0.05) is 23.2 Å². The van der Waals surface area contributed by atoms with E-state index >= 15 is 0 Å². The van der Waals surface area contributed by atoms with Gasteiger partial charge in [-0.05, 0) is 54.7 Å². The van der Waals surface area contributed by atoms with Gasteiger partial charge in [0.15, 0.2) is 6.29 Å². The molecular weight excluding hydrogens is 376 g/mol. The van der Waals surface area contributed by atoms with E-state index in [2.05, 4.69) is 4.90 Å². The molecule has 2 aromatic rings. The second-order valence-corrected chi connectivity index (χ2v) is 8.74. The van der Waals surface area contributed by atoms with Crippen LogP contribution in [-0.4, -0.2) is 35.1 Å².